The molecule has 1 unspecified atom stereocenters. The van der Waals surface area contributed by atoms with Gasteiger partial charge in [-0.15, -0.1) is 11.3 Å². The molecule has 5 heteroatoms. The number of fused-ring (bicyclic) bond motifs is 6. The predicted octanol–water partition coefficient (Wildman–Crippen LogP) is 10.1. The molecule has 0 fully saturated rings. The molecule has 0 aliphatic carbocycles. The summed E-state index contributed by atoms with van der Waals surface area (Å²) in [6, 6.07) is 48.6. The van der Waals surface area contributed by atoms with E-state index in [1.165, 1.54) is 31.3 Å². The lowest BCUT2D eigenvalue weighted by atomic mass is 10.0. The van der Waals surface area contributed by atoms with Crippen LogP contribution in [0.4, 0.5) is 0 Å². The molecular weight excluding hydrogens is 559 g/mol. The van der Waals surface area contributed by atoms with Crippen LogP contribution in [0.15, 0.2) is 154 Å². The van der Waals surface area contributed by atoms with Crippen molar-refractivity contribution in [1.29, 1.82) is 0 Å². The highest BCUT2D eigenvalue weighted by atomic mass is 32.1. The minimum Gasteiger partial charge on any atom is -0.455 e. The van der Waals surface area contributed by atoms with Gasteiger partial charge in [0.15, 0.2) is 5.84 Å². The number of amidine groups is 2. The van der Waals surface area contributed by atoms with Gasteiger partial charge in [0, 0.05) is 36.5 Å². The van der Waals surface area contributed by atoms with Gasteiger partial charge in [0.1, 0.15) is 23.2 Å². The maximum atomic E-state index is 6.39. The van der Waals surface area contributed by atoms with Crippen LogP contribution in [-0.2, 0) is 0 Å². The molecule has 0 saturated heterocycles. The highest BCUT2D eigenvalue weighted by molar-refractivity contribution is 7.25. The number of furan rings is 1. The van der Waals surface area contributed by atoms with E-state index in [0.29, 0.717) is 5.84 Å². The summed E-state index contributed by atoms with van der Waals surface area (Å²) < 4.78 is 8.88. The Bertz CT molecular complexity index is 2420. The van der Waals surface area contributed by atoms with Crippen LogP contribution in [0.2, 0.25) is 0 Å². The molecule has 1 atom stereocenters. The van der Waals surface area contributed by atoms with Crippen molar-refractivity contribution >= 4 is 65.1 Å². The molecule has 1 aliphatic heterocycles. The quantitative estimate of drug-likeness (QED) is 0.224. The fourth-order valence-corrected chi connectivity index (χ4v) is 7.31. The highest BCUT2D eigenvalue weighted by Crippen LogP contribution is 2.38. The maximum absolute atomic E-state index is 6.39. The average molecular weight is 584 g/mol. The zero-order valence-corrected chi connectivity index (χ0v) is 24.4. The molecular formula is C39H25N3OS. The molecule has 9 rings (SSSR count). The van der Waals surface area contributed by atoms with Crippen LogP contribution in [0.3, 0.4) is 0 Å². The SMILES string of the molecule is c1ccc(-c2ccc3sc4cc(C5=NC(c6ccccc6)NC(c6cccc7c6oc6ccccc67)=N5)ccc4c3c2)cc1. The molecule has 8 aromatic rings. The monoisotopic (exact) mass is 583 g/mol. The van der Waals surface area contributed by atoms with Crippen molar-refractivity contribution in [2.24, 2.45) is 9.98 Å². The number of benzene rings is 6. The molecule has 0 saturated carbocycles. The number of thiophene rings is 1. The first kappa shape index (κ1) is 25.0. The van der Waals surface area contributed by atoms with Crippen LogP contribution in [0.25, 0.3) is 53.2 Å². The summed E-state index contributed by atoms with van der Waals surface area (Å²) in [7, 11) is 0. The molecule has 0 spiro atoms. The second-order valence-corrected chi connectivity index (χ2v) is 12.1. The van der Waals surface area contributed by atoms with Crippen LogP contribution in [0, 0.1) is 0 Å². The summed E-state index contributed by atoms with van der Waals surface area (Å²) in [5.41, 5.74) is 7.12. The van der Waals surface area contributed by atoms with E-state index in [1.54, 1.807) is 0 Å². The van der Waals surface area contributed by atoms with E-state index in [9.17, 15) is 0 Å². The van der Waals surface area contributed by atoms with Crippen molar-refractivity contribution in [3.8, 4) is 11.1 Å². The number of aliphatic imine (C=N–C) groups is 2. The Morgan fingerprint density at radius 3 is 2.23 bits per heavy atom. The molecule has 4 nitrogen and oxygen atoms in total. The topological polar surface area (TPSA) is 49.9 Å². The first-order valence-corrected chi connectivity index (χ1v) is 15.5. The van der Waals surface area contributed by atoms with Gasteiger partial charge in [-0.25, -0.2) is 9.98 Å². The Labute approximate surface area is 257 Å². The van der Waals surface area contributed by atoms with Crippen molar-refractivity contribution in [2.75, 3.05) is 0 Å². The molecule has 0 bridgehead atoms. The summed E-state index contributed by atoms with van der Waals surface area (Å²) in [6.07, 6.45) is -0.287. The van der Waals surface area contributed by atoms with Crippen molar-refractivity contribution in [3.63, 3.8) is 0 Å². The van der Waals surface area contributed by atoms with Gasteiger partial charge >= 0.3 is 0 Å². The van der Waals surface area contributed by atoms with E-state index in [1.807, 2.05) is 47.7 Å². The number of rotatable bonds is 4. The lowest BCUT2D eigenvalue weighted by molar-refractivity contribution is 0.659. The largest absolute Gasteiger partial charge is 0.455 e. The van der Waals surface area contributed by atoms with Gasteiger partial charge < -0.3 is 9.73 Å². The van der Waals surface area contributed by atoms with Crippen molar-refractivity contribution < 1.29 is 4.42 Å². The smallest absolute Gasteiger partial charge is 0.159 e. The zero-order chi connectivity index (χ0) is 29.0. The molecule has 1 N–H and O–H groups in total. The van der Waals surface area contributed by atoms with E-state index < -0.39 is 0 Å². The molecule has 1 aliphatic rings. The average Bonchev–Trinajstić information content (AvgIpc) is 3.66. The van der Waals surface area contributed by atoms with Crippen LogP contribution in [0.1, 0.15) is 22.9 Å². The summed E-state index contributed by atoms with van der Waals surface area (Å²) in [4.78, 5) is 10.3. The number of para-hydroxylation sites is 2. The van der Waals surface area contributed by atoms with Crippen molar-refractivity contribution in [1.82, 2.24) is 5.32 Å². The fraction of sp³-hybridized carbons (Fsp3) is 0.0256. The van der Waals surface area contributed by atoms with Crippen LogP contribution >= 0.6 is 11.3 Å². The normalized spacial score (nSPS) is 15.0. The maximum Gasteiger partial charge on any atom is 0.159 e. The Kier molecular flexibility index (Phi) is 5.71. The van der Waals surface area contributed by atoms with Gasteiger partial charge in [0.25, 0.3) is 0 Å². The standard InChI is InChI=1S/C39H25N3OS/c1-3-10-24(11-4-1)26-19-21-34-32(22-26)29-20-18-27(23-35(29)44-34)38-40-37(25-12-5-2-6-13-25)41-39(42-38)31-16-9-15-30-28-14-7-8-17-33(28)43-36(30)31/h1-23,37H,(H,40,41,42). The molecule has 0 radical (unpaired) electrons. The third kappa shape index (κ3) is 4.13. The first-order valence-electron chi connectivity index (χ1n) is 14.7. The van der Waals surface area contributed by atoms with E-state index in [0.717, 1.165) is 44.5 Å². The third-order valence-electron chi connectivity index (χ3n) is 8.35. The second-order valence-electron chi connectivity index (χ2n) is 11.0. The molecule has 208 valence electrons. The van der Waals surface area contributed by atoms with Gasteiger partial charge in [-0.1, -0.05) is 109 Å². The molecule has 6 aromatic carbocycles. The number of hydrogen-bond donors (Lipinski definition) is 1. The minimum atomic E-state index is -0.287. The van der Waals surface area contributed by atoms with Gasteiger partial charge in [-0.05, 0) is 47.0 Å². The van der Waals surface area contributed by atoms with Crippen LogP contribution in [-0.4, -0.2) is 11.7 Å². The Morgan fingerprint density at radius 2 is 1.34 bits per heavy atom. The lowest BCUT2D eigenvalue weighted by Gasteiger charge is -2.23. The van der Waals surface area contributed by atoms with E-state index in [-0.39, 0.29) is 6.17 Å². The fourth-order valence-electron chi connectivity index (χ4n) is 6.18. The predicted molar refractivity (Wildman–Crippen MR) is 184 cm³/mol. The van der Waals surface area contributed by atoms with Crippen molar-refractivity contribution in [2.45, 2.75) is 6.17 Å². The molecule has 3 heterocycles. The summed E-state index contributed by atoms with van der Waals surface area (Å²) in [5.74, 6) is 1.45. The van der Waals surface area contributed by atoms with Gasteiger partial charge in [0.05, 0.1) is 5.56 Å². The van der Waals surface area contributed by atoms with E-state index in [4.69, 9.17) is 14.4 Å². The van der Waals surface area contributed by atoms with Crippen LogP contribution < -0.4 is 5.32 Å². The van der Waals surface area contributed by atoms with E-state index >= 15 is 0 Å². The van der Waals surface area contributed by atoms with Gasteiger partial charge in [0.2, 0.25) is 0 Å². The molecule has 44 heavy (non-hydrogen) atoms. The summed E-state index contributed by atoms with van der Waals surface area (Å²) in [6.45, 7) is 0. The number of nitrogens with one attached hydrogen (secondary N) is 1. The van der Waals surface area contributed by atoms with Gasteiger partial charge in [-0.3, -0.25) is 0 Å². The zero-order valence-electron chi connectivity index (χ0n) is 23.6. The Hall–Kier alpha value is -5.52. The Balaban J connectivity index is 1.19. The summed E-state index contributed by atoms with van der Waals surface area (Å²) in [5, 5.41) is 8.30. The minimum absolute atomic E-state index is 0.287. The van der Waals surface area contributed by atoms with Crippen molar-refractivity contribution in [3.05, 3.63) is 156 Å². The molecule has 0 amide bonds. The number of hydrogen-bond acceptors (Lipinski definition) is 5. The number of nitrogens with zero attached hydrogens (tertiary/aromatic N) is 2. The Morgan fingerprint density at radius 1 is 0.568 bits per heavy atom. The third-order valence-corrected chi connectivity index (χ3v) is 9.49. The second kappa shape index (κ2) is 10.0. The van der Waals surface area contributed by atoms with E-state index in [2.05, 4.69) is 108 Å². The lowest BCUT2D eigenvalue weighted by Crippen LogP contribution is -2.33. The summed E-state index contributed by atoms with van der Waals surface area (Å²) >= 11 is 1.81. The van der Waals surface area contributed by atoms with Gasteiger partial charge in [-0.2, -0.15) is 0 Å². The first-order chi connectivity index (χ1) is 21.8. The molecule has 2 aromatic heterocycles. The highest BCUT2D eigenvalue weighted by Gasteiger charge is 2.24. The van der Waals surface area contributed by atoms with Crippen LogP contribution in [0.5, 0.6) is 0 Å².